The summed E-state index contributed by atoms with van der Waals surface area (Å²) in [6.45, 7) is 0. The summed E-state index contributed by atoms with van der Waals surface area (Å²) in [5.74, 6) is 16.0. The van der Waals surface area contributed by atoms with Crippen LogP contribution in [0.25, 0.3) is 0 Å². The summed E-state index contributed by atoms with van der Waals surface area (Å²) >= 11 is 0. The van der Waals surface area contributed by atoms with E-state index in [9.17, 15) is 9.13 Å². The number of rotatable bonds is 2. The third-order valence-corrected chi connectivity index (χ3v) is 1.91. The van der Waals surface area contributed by atoms with E-state index in [1.165, 1.54) is 0 Å². The van der Waals surface area contributed by atoms with Crippen LogP contribution >= 0.6 is 15.6 Å². The third kappa shape index (κ3) is 33.2. The lowest BCUT2D eigenvalue weighted by Gasteiger charge is -2.03. The zero-order valence-electron chi connectivity index (χ0n) is 6.22. The second-order valence-electron chi connectivity index (χ2n) is 1.06. The quantitative estimate of drug-likeness (QED) is 0.136. The summed E-state index contributed by atoms with van der Waals surface area (Å²) in [6, 6.07) is 0. The highest BCUT2D eigenvalue weighted by atomic mass is 31.3. The van der Waals surface area contributed by atoms with Gasteiger partial charge in [0.1, 0.15) is 0 Å². The van der Waals surface area contributed by atoms with Gasteiger partial charge in [0.25, 0.3) is 0 Å². The maximum absolute atomic E-state index is 9.63. The lowest BCUT2D eigenvalue weighted by atomic mass is 13.0. The highest BCUT2D eigenvalue weighted by Gasteiger charge is 2.27. The Morgan fingerprint density at radius 3 is 0.923 bits per heavy atom. The van der Waals surface area contributed by atoms with Crippen molar-refractivity contribution in [1.82, 2.24) is 0 Å². The summed E-state index contributed by atoms with van der Waals surface area (Å²) in [6.07, 6.45) is 0. The van der Waals surface area contributed by atoms with Crippen molar-refractivity contribution in [3.63, 3.8) is 0 Å². The van der Waals surface area contributed by atoms with Crippen LogP contribution in [0.4, 0.5) is 0 Å². The zero-order chi connectivity index (χ0) is 11.7. The molecule has 0 atom stereocenters. The molecule has 0 saturated carbocycles. The van der Waals surface area contributed by atoms with Gasteiger partial charge in [0.2, 0.25) is 0 Å². The molecule has 0 aromatic rings. The highest BCUT2D eigenvalue weighted by Crippen LogP contribution is 2.53. The molecule has 12 N–H and O–H groups in total. The Morgan fingerprint density at radius 1 is 0.769 bits per heavy atom. The summed E-state index contributed by atoms with van der Waals surface area (Å²) < 4.78 is 22.2. The van der Waals surface area contributed by atoms with Crippen molar-refractivity contribution in [2.45, 2.75) is 0 Å². The monoisotopic (exact) mass is 242 g/mol. The predicted molar refractivity (Wildman–Crippen MR) is 41.9 cm³/mol. The van der Waals surface area contributed by atoms with E-state index in [1.807, 2.05) is 0 Å². The molecule has 0 saturated heterocycles. The molecule has 0 aromatic carbocycles. The van der Waals surface area contributed by atoms with Crippen molar-refractivity contribution in [2.24, 2.45) is 23.4 Å². The Labute approximate surface area is 73.1 Å². The lowest BCUT2D eigenvalue weighted by molar-refractivity contribution is 0.225. The molecule has 0 aliphatic heterocycles. The highest BCUT2D eigenvalue weighted by molar-refractivity contribution is 7.60. The maximum atomic E-state index is 9.63. The van der Waals surface area contributed by atoms with E-state index in [4.69, 9.17) is 19.6 Å². The molecule has 0 heterocycles. The minimum Gasteiger partial charge on any atom is -0.302 e. The van der Waals surface area contributed by atoms with E-state index in [2.05, 4.69) is 27.7 Å². The molecule has 0 amide bonds. The Kier molecular flexibility index (Phi) is 12.6. The van der Waals surface area contributed by atoms with Crippen molar-refractivity contribution in [1.29, 1.82) is 0 Å². The molecule has 0 aromatic heterocycles. The van der Waals surface area contributed by atoms with Gasteiger partial charge < -0.3 is 19.6 Å². The lowest BCUT2D eigenvalue weighted by Crippen LogP contribution is -2.02. The predicted octanol–water partition coefficient (Wildman–Crippen LogP) is -3.17. The largest absolute Gasteiger partial charge is 0.478 e. The van der Waals surface area contributed by atoms with Crippen LogP contribution < -0.4 is 23.4 Å². The van der Waals surface area contributed by atoms with Crippen LogP contribution in [0.1, 0.15) is 0 Å². The van der Waals surface area contributed by atoms with E-state index in [-0.39, 0.29) is 0 Å². The minimum atomic E-state index is -5.05. The first-order valence-corrected chi connectivity index (χ1v) is 5.26. The van der Waals surface area contributed by atoms with Gasteiger partial charge in [-0.1, -0.05) is 0 Å². The van der Waals surface area contributed by atoms with Crippen LogP contribution in [-0.4, -0.2) is 19.6 Å². The topological polar surface area (TPSA) is 228 Å². The van der Waals surface area contributed by atoms with Gasteiger partial charge in [-0.2, -0.15) is 4.31 Å². The SMILES string of the molecule is NN.NN.O=P(O)(O)OP(=O)(O)O. The first kappa shape index (κ1) is 18.8. The van der Waals surface area contributed by atoms with E-state index >= 15 is 0 Å². The van der Waals surface area contributed by atoms with E-state index in [1.54, 1.807) is 0 Å². The van der Waals surface area contributed by atoms with Crippen molar-refractivity contribution in [2.75, 3.05) is 0 Å². The molecule has 0 aliphatic carbocycles. The molecule has 0 rings (SSSR count). The number of hydrogen-bond donors (Lipinski definition) is 8. The average Bonchev–Trinajstić information content (AvgIpc) is 1.88. The van der Waals surface area contributed by atoms with Gasteiger partial charge in [-0.15, -0.1) is 0 Å². The van der Waals surface area contributed by atoms with Crippen LogP contribution in [-0.2, 0) is 13.4 Å². The number of hydrazine groups is 2. The van der Waals surface area contributed by atoms with Crippen molar-refractivity contribution >= 4 is 15.6 Å². The fourth-order valence-electron chi connectivity index (χ4n) is 0.139. The first-order valence-electron chi connectivity index (χ1n) is 2.20. The molecule has 11 nitrogen and oxygen atoms in total. The molecule has 0 spiro atoms. The third-order valence-electron chi connectivity index (χ3n) is 0.213. The second kappa shape index (κ2) is 8.69. The Hall–Kier alpha value is 0.100. The Morgan fingerprint density at radius 2 is 0.923 bits per heavy atom. The standard InChI is InChI=1S/2H4N2.H4O7P2/c2*1-2;1-8(2,3)7-9(4,5)6/h2*1-2H2;(H2,1,2,3)(H2,4,5,6). The molecular weight excluding hydrogens is 230 g/mol. The van der Waals surface area contributed by atoms with E-state index < -0.39 is 15.6 Å². The second-order valence-corrected chi connectivity index (χ2v) is 3.68. The van der Waals surface area contributed by atoms with Crippen molar-refractivity contribution < 1.29 is 33.0 Å². The van der Waals surface area contributed by atoms with Gasteiger partial charge in [-0.05, 0) is 0 Å². The fraction of sp³-hybridized carbons (Fsp3) is 0. The van der Waals surface area contributed by atoms with Gasteiger partial charge in [0.05, 0.1) is 0 Å². The number of nitrogens with two attached hydrogens (primary N) is 4. The van der Waals surface area contributed by atoms with E-state index in [0.717, 1.165) is 0 Å². The van der Waals surface area contributed by atoms with Gasteiger partial charge in [0.15, 0.2) is 0 Å². The van der Waals surface area contributed by atoms with E-state index in [0.29, 0.717) is 0 Å². The molecule has 13 heavy (non-hydrogen) atoms. The summed E-state index contributed by atoms with van der Waals surface area (Å²) in [5.41, 5.74) is 0. The fourth-order valence-corrected chi connectivity index (χ4v) is 1.25. The number of hydrogen-bond acceptors (Lipinski definition) is 7. The van der Waals surface area contributed by atoms with Gasteiger partial charge in [-0.25, -0.2) is 9.13 Å². The van der Waals surface area contributed by atoms with Gasteiger partial charge in [0, 0.05) is 0 Å². The molecule has 0 aliphatic rings. The molecule has 0 unspecified atom stereocenters. The molecule has 0 bridgehead atoms. The normalized spacial score (nSPS) is 10.5. The van der Waals surface area contributed by atoms with Crippen LogP contribution in [0.5, 0.6) is 0 Å². The van der Waals surface area contributed by atoms with Gasteiger partial charge >= 0.3 is 15.6 Å². The zero-order valence-corrected chi connectivity index (χ0v) is 8.01. The molecule has 0 radical (unpaired) electrons. The average molecular weight is 242 g/mol. The summed E-state index contributed by atoms with van der Waals surface area (Å²) in [7, 11) is -10.1. The van der Waals surface area contributed by atoms with Crippen LogP contribution in [0, 0.1) is 0 Å². The summed E-state index contributed by atoms with van der Waals surface area (Å²) in [5, 5.41) is 0. The molecule has 13 heteroatoms. The Balaban J connectivity index is -0.000000218. The number of phosphoric acid groups is 2. The maximum Gasteiger partial charge on any atom is 0.478 e. The molecule has 84 valence electrons. The van der Waals surface area contributed by atoms with Crippen molar-refractivity contribution in [3.05, 3.63) is 0 Å². The molecule has 0 fully saturated rings. The summed E-state index contributed by atoms with van der Waals surface area (Å²) in [4.78, 5) is 31.0. The van der Waals surface area contributed by atoms with Crippen LogP contribution in [0.2, 0.25) is 0 Å². The first-order chi connectivity index (χ1) is 5.71. The van der Waals surface area contributed by atoms with Gasteiger partial charge in [-0.3, -0.25) is 23.4 Å². The smallest absolute Gasteiger partial charge is 0.302 e. The van der Waals surface area contributed by atoms with Crippen LogP contribution in [0.15, 0.2) is 0 Å². The molecular formula is H12N4O7P2. The van der Waals surface area contributed by atoms with Crippen molar-refractivity contribution in [3.8, 4) is 0 Å². The minimum absolute atomic E-state index is 2.96. The Bertz CT molecular complexity index is 159. The van der Waals surface area contributed by atoms with Crippen LogP contribution in [0.3, 0.4) is 0 Å².